The summed E-state index contributed by atoms with van der Waals surface area (Å²) in [5.74, 6) is 1.58. The maximum atomic E-state index is 11.9. The van der Waals surface area contributed by atoms with Gasteiger partial charge in [0.25, 0.3) is 0 Å². The molecule has 0 heterocycles. The van der Waals surface area contributed by atoms with Crippen LogP contribution in [0.5, 0.6) is 0 Å². The fraction of sp³-hybridized carbons (Fsp3) is 0.944. The summed E-state index contributed by atoms with van der Waals surface area (Å²) in [6.07, 6.45) is 3.16. The lowest BCUT2D eigenvalue weighted by atomic mass is 9.75. The van der Waals surface area contributed by atoms with Crippen molar-refractivity contribution in [3.8, 4) is 0 Å². The summed E-state index contributed by atoms with van der Waals surface area (Å²) in [5, 5.41) is 8.53. The van der Waals surface area contributed by atoms with E-state index in [9.17, 15) is 4.79 Å². The highest BCUT2D eigenvalue weighted by Crippen LogP contribution is 2.34. The van der Waals surface area contributed by atoms with Gasteiger partial charge < -0.3 is 24.1 Å². The molecule has 6 heteroatoms. The number of carbonyl (C=O) groups is 1. The van der Waals surface area contributed by atoms with Crippen LogP contribution in [0.3, 0.4) is 0 Å². The van der Waals surface area contributed by atoms with Crippen LogP contribution in [0.4, 0.5) is 0 Å². The molecule has 0 aromatic rings. The maximum absolute atomic E-state index is 11.9. The van der Waals surface area contributed by atoms with Crippen LogP contribution in [-0.4, -0.2) is 63.4 Å². The Kier molecular flexibility index (Phi) is 11.2. The first-order valence-electron chi connectivity index (χ1n) is 9.06. The molecule has 1 unspecified atom stereocenters. The minimum atomic E-state index is -0.289. The van der Waals surface area contributed by atoms with Crippen LogP contribution in [0.2, 0.25) is 0 Å². The van der Waals surface area contributed by atoms with Crippen molar-refractivity contribution in [2.24, 2.45) is 17.8 Å². The molecule has 142 valence electrons. The largest absolute Gasteiger partial charge is 0.461 e. The second-order valence-corrected chi connectivity index (χ2v) is 6.93. The number of hydrogen-bond donors (Lipinski definition) is 1. The average Bonchev–Trinajstić information content (AvgIpc) is 2.52. The second-order valence-electron chi connectivity index (χ2n) is 6.93. The van der Waals surface area contributed by atoms with Crippen molar-refractivity contribution in [1.29, 1.82) is 0 Å². The number of rotatable bonds is 12. The summed E-state index contributed by atoms with van der Waals surface area (Å²) < 4.78 is 21.2. The summed E-state index contributed by atoms with van der Waals surface area (Å²) >= 11 is 0. The molecular weight excluding hydrogens is 312 g/mol. The molecule has 24 heavy (non-hydrogen) atoms. The monoisotopic (exact) mass is 346 g/mol. The predicted octanol–water partition coefficient (Wildman–Crippen LogP) is 2.03. The topological polar surface area (TPSA) is 74.2 Å². The molecule has 0 aromatic carbocycles. The third-order valence-corrected chi connectivity index (χ3v) is 4.38. The van der Waals surface area contributed by atoms with Gasteiger partial charge in [0.05, 0.1) is 39.6 Å². The number of ether oxygens (including phenoxy) is 4. The Bertz CT molecular complexity index is 333. The highest BCUT2D eigenvalue weighted by Gasteiger charge is 2.30. The van der Waals surface area contributed by atoms with Crippen LogP contribution in [0.15, 0.2) is 0 Å². The fourth-order valence-corrected chi connectivity index (χ4v) is 3.11. The lowest BCUT2D eigenvalue weighted by molar-refractivity contribution is -0.158. The molecule has 1 N–H and O–H groups in total. The average molecular weight is 346 g/mol. The molecule has 1 fully saturated rings. The van der Waals surface area contributed by atoms with Crippen LogP contribution in [0, 0.1) is 17.8 Å². The van der Waals surface area contributed by atoms with Crippen molar-refractivity contribution in [3.63, 3.8) is 0 Å². The number of aliphatic hydroxyl groups excluding tert-OH is 1. The molecule has 1 aliphatic rings. The first kappa shape index (κ1) is 21.4. The molecule has 0 radical (unpaired) electrons. The SMILES string of the molecule is CC(C)[C@H]1CC(OC(=O)COCCOCCOCCO)C[C@H](C)C1. The zero-order chi connectivity index (χ0) is 17.8. The minimum absolute atomic E-state index is 0.0168. The van der Waals surface area contributed by atoms with E-state index in [4.69, 9.17) is 24.1 Å². The highest BCUT2D eigenvalue weighted by molar-refractivity contribution is 5.70. The number of aliphatic hydroxyl groups is 1. The van der Waals surface area contributed by atoms with E-state index in [0.717, 1.165) is 12.8 Å². The van der Waals surface area contributed by atoms with Gasteiger partial charge in [-0.05, 0) is 37.0 Å². The maximum Gasteiger partial charge on any atom is 0.332 e. The van der Waals surface area contributed by atoms with Gasteiger partial charge in [0, 0.05) is 0 Å². The summed E-state index contributed by atoms with van der Waals surface area (Å²) in [7, 11) is 0. The molecule has 0 amide bonds. The lowest BCUT2D eigenvalue weighted by Gasteiger charge is -2.35. The van der Waals surface area contributed by atoms with Crippen molar-refractivity contribution < 1.29 is 28.8 Å². The molecule has 1 aliphatic carbocycles. The van der Waals surface area contributed by atoms with E-state index in [-0.39, 0.29) is 25.3 Å². The van der Waals surface area contributed by atoms with Gasteiger partial charge in [-0.15, -0.1) is 0 Å². The van der Waals surface area contributed by atoms with Gasteiger partial charge in [-0.3, -0.25) is 0 Å². The van der Waals surface area contributed by atoms with E-state index in [1.165, 1.54) is 6.42 Å². The van der Waals surface area contributed by atoms with Gasteiger partial charge in [-0.1, -0.05) is 20.8 Å². The van der Waals surface area contributed by atoms with Crippen molar-refractivity contribution in [2.45, 2.75) is 46.1 Å². The third kappa shape index (κ3) is 9.57. The summed E-state index contributed by atoms with van der Waals surface area (Å²) in [5.41, 5.74) is 0. The zero-order valence-electron chi connectivity index (χ0n) is 15.4. The molecule has 1 rings (SSSR count). The summed E-state index contributed by atoms with van der Waals surface area (Å²) in [4.78, 5) is 11.9. The second kappa shape index (κ2) is 12.6. The predicted molar refractivity (Wildman–Crippen MR) is 90.8 cm³/mol. The Morgan fingerprint density at radius 3 is 2.25 bits per heavy atom. The van der Waals surface area contributed by atoms with Crippen molar-refractivity contribution in [3.05, 3.63) is 0 Å². The molecule has 0 saturated heterocycles. The Morgan fingerprint density at radius 1 is 1.00 bits per heavy atom. The zero-order valence-corrected chi connectivity index (χ0v) is 15.4. The van der Waals surface area contributed by atoms with E-state index >= 15 is 0 Å². The molecular formula is C18H34O6. The first-order chi connectivity index (χ1) is 11.5. The van der Waals surface area contributed by atoms with E-state index in [2.05, 4.69) is 20.8 Å². The van der Waals surface area contributed by atoms with E-state index < -0.39 is 0 Å². The fourth-order valence-electron chi connectivity index (χ4n) is 3.11. The van der Waals surface area contributed by atoms with Gasteiger partial charge in [0.15, 0.2) is 0 Å². The molecule has 0 aromatic heterocycles. The van der Waals surface area contributed by atoms with Crippen LogP contribution in [-0.2, 0) is 23.7 Å². The summed E-state index contributed by atoms with van der Waals surface area (Å²) in [6.45, 7) is 8.67. The molecule has 0 bridgehead atoms. The Morgan fingerprint density at radius 2 is 1.62 bits per heavy atom. The Labute approximate surface area is 145 Å². The first-order valence-corrected chi connectivity index (χ1v) is 9.06. The molecule has 6 nitrogen and oxygen atoms in total. The number of esters is 1. The van der Waals surface area contributed by atoms with Crippen molar-refractivity contribution in [1.82, 2.24) is 0 Å². The smallest absolute Gasteiger partial charge is 0.332 e. The van der Waals surface area contributed by atoms with Gasteiger partial charge in [0.2, 0.25) is 0 Å². The third-order valence-electron chi connectivity index (χ3n) is 4.38. The van der Waals surface area contributed by atoms with Crippen LogP contribution in [0.1, 0.15) is 40.0 Å². The molecule has 0 aliphatic heterocycles. The molecule has 0 spiro atoms. The minimum Gasteiger partial charge on any atom is -0.461 e. The van der Waals surface area contributed by atoms with E-state index in [1.54, 1.807) is 0 Å². The highest BCUT2D eigenvalue weighted by atomic mass is 16.6. The molecule has 1 saturated carbocycles. The van der Waals surface area contributed by atoms with E-state index in [1.807, 2.05) is 0 Å². The number of hydrogen-bond acceptors (Lipinski definition) is 6. The lowest BCUT2D eigenvalue weighted by Crippen LogP contribution is -2.32. The van der Waals surface area contributed by atoms with Crippen LogP contribution in [0.25, 0.3) is 0 Å². The standard InChI is InChI=1S/C18H34O6/c1-14(2)16-10-15(3)11-17(12-16)24-18(20)13-23-9-8-22-7-6-21-5-4-19/h14-17,19H,4-13H2,1-3H3/t15-,16-,17?/m1/s1. The molecule has 3 atom stereocenters. The Balaban J connectivity index is 2.05. The quantitative estimate of drug-likeness (QED) is 0.430. The van der Waals surface area contributed by atoms with Crippen molar-refractivity contribution >= 4 is 5.97 Å². The van der Waals surface area contributed by atoms with E-state index in [0.29, 0.717) is 50.8 Å². The van der Waals surface area contributed by atoms with Crippen molar-refractivity contribution in [2.75, 3.05) is 46.2 Å². The Hall–Kier alpha value is -0.690. The van der Waals surface area contributed by atoms with Gasteiger partial charge in [-0.25, -0.2) is 4.79 Å². The summed E-state index contributed by atoms with van der Waals surface area (Å²) in [6, 6.07) is 0. The normalized spacial score (nSPS) is 24.3. The van der Waals surface area contributed by atoms with Gasteiger partial charge in [0.1, 0.15) is 12.7 Å². The van der Waals surface area contributed by atoms with Gasteiger partial charge in [-0.2, -0.15) is 0 Å². The number of carbonyl (C=O) groups excluding carboxylic acids is 1. The van der Waals surface area contributed by atoms with Crippen LogP contribution < -0.4 is 0 Å². The van der Waals surface area contributed by atoms with Gasteiger partial charge >= 0.3 is 5.97 Å². The van der Waals surface area contributed by atoms with Crippen LogP contribution >= 0.6 is 0 Å².